The molecule has 0 spiro atoms. The summed E-state index contributed by atoms with van der Waals surface area (Å²) in [6, 6.07) is 17.2. The molecule has 0 aliphatic heterocycles. The van der Waals surface area contributed by atoms with Crippen LogP contribution in [0.4, 0.5) is 0 Å². The van der Waals surface area contributed by atoms with Gasteiger partial charge >= 0.3 is 0 Å². The monoisotopic (exact) mass is 369 g/mol. The topological polar surface area (TPSA) is 22.1 Å². The Morgan fingerprint density at radius 3 is 2.58 bits per heavy atom. The first-order chi connectivity index (χ1) is 12.1. The van der Waals surface area contributed by atoms with Crippen molar-refractivity contribution in [2.24, 2.45) is 5.92 Å². The average Bonchev–Trinajstić information content (AvgIpc) is 2.62. The van der Waals surface area contributed by atoms with Crippen molar-refractivity contribution in [2.45, 2.75) is 40.0 Å². The summed E-state index contributed by atoms with van der Waals surface area (Å²) in [6.07, 6.45) is 4.92. The first-order valence-electron chi connectivity index (χ1n) is 9.18. The number of nitrogens with zero attached hydrogens (tertiary/aromatic N) is 1. The van der Waals surface area contributed by atoms with Crippen molar-refractivity contribution in [3.05, 3.63) is 71.5 Å². The van der Waals surface area contributed by atoms with E-state index >= 15 is 0 Å². The summed E-state index contributed by atoms with van der Waals surface area (Å²) in [6.45, 7) is 7.27. The molecular weight excluding hydrogens is 342 g/mol. The van der Waals surface area contributed by atoms with Crippen LogP contribution in [0.2, 0.25) is 0 Å². The minimum absolute atomic E-state index is 0. The van der Waals surface area contributed by atoms with Gasteiger partial charge in [0.1, 0.15) is 5.75 Å². The molecule has 0 aliphatic carbocycles. The summed E-state index contributed by atoms with van der Waals surface area (Å²) in [5.74, 6) is 1.64. The molecule has 26 heavy (non-hydrogen) atoms. The minimum atomic E-state index is 0. The summed E-state index contributed by atoms with van der Waals surface area (Å²) in [5.41, 5.74) is 3.58. The number of halogens is 1. The summed E-state index contributed by atoms with van der Waals surface area (Å²) in [7, 11) is 0. The fourth-order valence-electron chi connectivity index (χ4n) is 3.02. The Bertz CT molecular complexity index is 839. The zero-order valence-electron chi connectivity index (χ0n) is 15.9. The quantitative estimate of drug-likeness (QED) is 0.496. The second-order valence-electron chi connectivity index (χ2n) is 7.11. The number of fused-ring (bicyclic) bond motifs is 1. The van der Waals surface area contributed by atoms with Gasteiger partial charge in [0, 0.05) is 23.5 Å². The molecule has 3 rings (SSSR count). The zero-order chi connectivity index (χ0) is 17.6. The standard InChI is InChI=1S/C23H27NO.ClH/c1-17(2)13-14-25-23-15-21(24-16-18(23)3)12-11-20-9-6-8-19-7-4-5-10-22(19)20;/h4-10,15-17H,11-14H2,1-3H3;1H. The number of rotatable bonds is 7. The van der Waals surface area contributed by atoms with Crippen LogP contribution >= 0.6 is 12.4 Å². The van der Waals surface area contributed by atoms with Crippen molar-refractivity contribution < 1.29 is 4.74 Å². The van der Waals surface area contributed by atoms with Gasteiger partial charge < -0.3 is 4.74 Å². The SMILES string of the molecule is Cc1cnc(CCc2cccc3ccccc23)cc1OCCC(C)C.Cl. The van der Waals surface area contributed by atoms with Crippen molar-refractivity contribution in [2.75, 3.05) is 6.61 Å². The highest BCUT2D eigenvalue weighted by Gasteiger charge is 2.06. The third-order valence-electron chi connectivity index (χ3n) is 4.59. The van der Waals surface area contributed by atoms with Crippen LogP contribution in [0, 0.1) is 12.8 Å². The predicted molar refractivity (Wildman–Crippen MR) is 113 cm³/mol. The van der Waals surface area contributed by atoms with E-state index in [2.05, 4.69) is 74.3 Å². The molecule has 0 unspecified atom stereocenters. The van der Waals surface area contributed by atoms with Crippen LogP contribution in [0.1, 0.15) is 37.1 Å². The van der Waals surface area contributed by atoms with Gasteiger partial charge in [0.2, 0.25) is 0 Å². The molecule has 0 radical (unpaired) electrons. The second-order valence-corrected chi connectivity index (χ2v) is 7.11. The Labute approximate surface area is 163 Å². The van der Waals surface area contributed by atoms with Crippen LogP contribution in [0.15, 0.2) is 54.7 Å². The van der Waals surface area contributed by atoms with Gasteiger partial charge in [0.25, 0.3) is 0 Å². The predicted octanol–water partition coefficient (Wildman–Crippen LogP) is 6.18. The summed E-state index contributed by atoms with van der Waals surface area (Å²) < 4.78 is 5.97. The molecule has 1 aromatic heterocycles. The van der Waals surface area contributed by atoms with E-state index in [4.69, 9.17) is 4.74 Å². The molecule has 0 bridgehead atoms. The van der Waals surface area contributed by atoms with E-state index in [9.17, 15) is 0 Å². The lowest BCUT2D eigenvalue weighted by Gasteiger charge is -2.12. The molecule has 0 saturated heterocycles. The Balaban J connectivity index is 0.00000243. The Morgan fingerprint density at radius 1 is 1.00 bits per heavy atom. The summed E-state index contributed by atoms with van der Waals surface area (Å²) in [5, 5.41) is 2.64. The third-order valence-corrected chi connectivity index (χ3v) is 4.59. The molecule has 0 atom stereocenters. The van der Waals surface area contributed by atoms with Crippen LogP contribution in [-0.4, -0.2) is 11.6 Å². The van der Waals surface area contributed by atoms with Crippen molar-refractivity contribution in [3.63, 3.8) is 0 Å². The van der Waals surface area contributed by atoms with E-state index in [0.717, 1.165) is 42.9 Å². The first-order valence-corrected chi connectivity index (χ1v) is 9.18. The first kappa shape index (κ1) is 20.3. The van der Waals surface area contributed by atoms with E-state index in [0.29, 0.717) is 5.92 Å². The van der Waals surface area contributed by atoms with Crippen LogP contribution in [0.5, 0.6) is 5.75 Å². The van der Waals surface area contributed by atoms with Gasteiger partial charge in [-0.2, -0.15) is 0 Å². The summed E-state index contributed by atoms with van der Waals surface area (Å²) >= 11 is 0. The average molecular weight is 370 g/mol. The highest BCUT2D eigenvalue weighted by Crippen LogP contribution is 2.22. The molecule has 0 fully saturated rings. The molecular formula is C23H28ClNO. The molecule has 2 aromatic carbocycles. The minimum Gasteiger partial charge on any atom is -0.493 e. The largest absolute Gasteiger partial charge is 0.493 e. The number of aromatic nitrogens is 1. The molecule has 0 N–H and O–H groups in total. The van der Waals surface area contributed by atoms with Gasteiger partial charge in [-0.1, -0.05) is 56.3 Å². The molecule has 0 aliphatic rings. The maximum Gasteiger partial charge on any atom is 0.125 e. The number of hydrogen-bond donors (Lipinski definition) is 0. The Kier molecular flexibility index (Phi) is 7.47. The van der Waals surface area contributed by atoms with Crippen LogP contribution in [0.3, 0.4) is 0 Å². The normalized spacial score (nSPS) is 10.8. The smallest absolute Gasteiger partial charge is 0.125 e. The maximum atomic E-state index is 5.97. The summed E-state index contributed by atoms with van der Waals surface area (Å²) in [4.78, 5) is 4.60. The molecule has 0 amide bonds. The maximum absolute atomic E-state index is 5.97. The number of pyridine rings is 1. The second kappa shape index (κ2) is 9.59. The lowest BCUT2D eigenvalue weighted by atomic mass is 10.00. The van der Waals surface area contributed by atoms with E-state index in [1.165, 1.54) is 16.3 Å². The molecule has 3 aromatic rings. The Hall–Kier alpha value is -2.06. The van der Waals surface area contributed by atoms with E-state index in [1.807, 2.05) is 6.20 Å². The molecule has 3 heteroatoms. The lowest BCUT2D eigenvalue weighted by molar-refractivity contribution is 0.287. The molecule has 1 heterocycles. The zero-order valence-corrected chi connectivity index (χ0v) is 16.7. The van der Waals surface area contributed by atoms with Gasteiger partial charge in [-0.25, -0.2) is 0 Å². The van der Waals surface area contributed by atoms with Gasteiger partial charge in [0.15, 0.2) is 0 Å². The van der Waals surface area contributed by atoms with E-state index in [-0.39, 0.29) is 12.4 Å². The van der Waals surface area contributed by atoms with E-state index < -0.39 is 0 Å². The molecule has 2 nitrogen and oxygen atoms in total. The number of benzene rings is 2. The number of hydrogen-bond acceptors (Lipinski definition) is 2. The van der Waals surface area contributed by atoms with Gasteiger partial charge in [-0.3, -0.25) is 4.98 Å². The number of aryl methyl sites for hydroxylation is 3. The van der Waals surface area contributed by atoms with Crippen LogP contribution in [-0.2, 0) is 12.8 Å². The van der Waals surface area contributed by atoms with Gasteiger partial charge in [0.05, 0.1) is 6.61 Å². The fraction of sp³-hybridized carbons (Fsp3) is 0.348. The van der Waals surface area contributed by atoms with Crippen LogP contribution < -0.4 is 4.74 Å². The van der Waals surface area contributed by atoms with E-state index in [1.54, 1.807) is 0 Å². The van der Waals surface area contributed by atoms with Gasteiger partial charge in [-0.15, -0.1) is 12.4 Å². The van der Waals surface area contributed by atoms with Gasteiger partial charge in [-0.05, 0) is 48.4 Å². The molecule has 0 saturated carbocycles. The molecule has 138 valence electrons. The van der Waals surface area contributed by atoms with Crippen molar-refractivity contribution in [3.8, 4) is 5.75 Å². The van der Waals surface area contributed by atoms with Crippen molar-refractivity contribution in [1.82, 2.24) is 4.98 Å². The highest BCUT2D eigenvalue weighted by atomic mass is 35.5. The van der Waals surface area contributed by atoms with Crippen molar-refractivity contribution >= 4 is 23.2 Å². The highest BCUT2D eigenvalue weighted by molar-refractivity contribution is 5.86. The fourth-order valence-corrected chi connectivity index (χ4v) is 3.02. The Morgan fingerprint density at radius 2 is 1.77 bits per heavy atom. The number of ether oxygens (including phenoxy) is 1. The van der Waals surface area contributed by atoms with Crippen molar-refractivity contribution in [1.29, 1.82) is 0 Å². The third kappa shape index (κ3) is 5.22. The van der Waals surface area contributed by atoms with Crippen LogP contribution in [0.25, 0.3) is 10.8 Å². The lowest BCUT2D eigenvalue weighted by Crippen LogP contribution is -2.04.